The van der Waals surface area contributed by atoms with Gasteiger partial charge in [-0.05, 0) is 24.3 Å². The first-order chi connectivity index (χ1) is 10.2. The van der Waals surface area contributed by atoms with Crippen molar-refractivity contribution in [2.24, 2.45) is 5.73 Å². The fraction of sp³-hybridized carbons (Fsp3) is 0.250. The summed E-state index contributed by atoms with van der Waals surface area (Å²) in [4.78, 5) is 24.5. The SMILES string of the molecule is NC(=O)C(OC(=O)CCCc1cccs1)c1ccccc1. The molecule has 0 aliphatic carbocycles. The number of aryl methyl sites for hydroxylation is 1. The number of benzene rings is 1. The van der Waals surface area contributed by atoms with Gasteiger partial charge in [0.15, 0.2) is 0 Å². The Morgan fingerprint density at radius 2 is 1.90 bits per heavy atom. The molecule has 2 aromatic rings. The molecule has 2 rings (SSSR count). The third kappa shape index (κ3) is 4.72. The van der Waals surface area contributed by atoms with Gasteiger partial charge in [-0.1, -0.05) is 36.4 Å². The molecule has 2 N–H and O–H groups in total. The largest absolute Gasteiger partial charge is 0.447 e. The molecule has 110 valence electrons. The van der Waals surface area contributed by atoms with Gasteiger partial charge in [-0.2, -0.15) is 0 Å². The summed E-state index contributed by atoms with van der Waals surface area (Å²) >= 11 is 1.66. The predicted octanol–water partition coefficient (Wildman–Crippen LogP) is 2.84. The van der Waals surface area contributed by atoms with Crippen molar-refractivity contribution in [3.05, 3.63) is 58.3 Å². The van der Waals surface area contributed by atoms with Crippen LogP contribution in [-0.4, -0.2) is 11.9 Å². The van der Waals surface area contributed by atoms with E-state index in [2.05, 4.69) is 0 Å². The zero-order valence-electron chi connectivity index (χ0n) is 11.5. The smallest absolute Gasteiger partial charge is 0.306 e. The molecule has 0 aliphatic heterocycles. The van der Waals surface area contributed by atoms with E-state index in [9.17, 15) is 9.59 Å². The van der Waals surface area contributed by atoms with E-state index in [1.807, 2.05) is 23.6 Å². The fourth-order valence-corrected chi connectivity index (χ4v) is 2.72. The number of esters is 1. The van der Waals surface area contributed by atoms with Gasteiger partial charge in [-0.25, -0.2) is 0 Å². The molecule has 1 aromatic heterocycles. The van der Waals surface area contributed by atoms with Crippen molar-refractivity contribution in [3.63, 3.8) is 0 Å². The molecule has 0 fully saturated rings. The average molecular weight is 303 g/mol. The van der Waals surface area contributed by atoms with Crippen molar-refractivity contribution in [2.45, 2.75) is 25.4 Å². The maximum absolute atomic E-state index is 11.8. The van der Waals surface area contributed by atoms with Crippen molar-refractivity contribution in [3.8, 4) is 0 Å². The molecular weight excluding hydrogens is 286 g/mol. The molecule has 1 heterocycles. The average Bonchev–Trinajstić information content (AvgIpc) is 2.98. The van der Waals surface area contributed by atoms with E-state index in [0.717, 1.165) is 6.42 Å². The number of hydrogen-bond donors (Lipinski definition) is 1. The van der Waals surface area contributed by atoms with Gasteiger partial charge >= 0.3 is 5.97 Å². The number of ether oxygens (including phenoxy) is 1. The minimum Gasteiger partial charge on any atom is -0.447 e. The fourth-order valence-electron chi connectivity index (χ4n) is 1.97. The summed E-state index contributed by atoms with van der Waals surface area (Å²) in [6.07, 6.45) is 0.786. The van der Waals surface area contributed by atoms with E-state index in [1.165, 1.54) is 4.88 Å². The molecule has 0 aliphatic rings. The molecule has 5 heteroatoms. The molecule has 21 heavy (non-hydrogen) atoms. The highest BCUT2D eigenvalue weighted by Gasteiger charge is 2.21. The predicted molar refractivity (Wildman–Crippen MR) is 81.7 cm³/mol. The van der Waals surface area contributed by atoms with Crippen LogP contribution in [0, 0.1) is 0 Å². The second kappa shape index (κ2) is 7.59. The highest BCUT2D eigenvalue weighted by molar-refractivity contribution is 7.09. The molecule has 1 atom stereocenters. The molecule has 1 unspecified atom stereocenters. The lowest BCUT2D eigenvalue weighted by molar-refractivity contribution is -0.155. The number of nitrogens with two attached hydrogens (primary N) is 1. The molecule has 0 spiro atoms. The van der Waals surface area contributed by atoms with E-state index in [0.29, 0.717) is 12.0 Å². The maximum Gasteiger partial charge on any atom is 0.306 e. The second-order valence-corrected chi connectivity index (χ2v) is 5.65. The second-order valence-electron chi connectivity index (χ2n) is 4.62. The van der Waals surface area contributed by atoms with E-state index in [1.54, 1.807) is 35.6 Å². The van der Waals surface area contributed by atoms with Crippen LogP contribution >= 0.6 is 11.3 Å². The Bertz CT molecular complexity index is 581. The molecule has 1 amide bonds. The highest BCUT2D eigenvalue weighted by Crippen LogP contribution is 2.18. The lowest BCUT2D eigenvalue weighted by Crippen LogP contribution is -2.26. The Balaban J connectivity index is 1.85. The Morgan fingerprint density at radius 1 is 1.14 bits per heavy atom. The van der Waals surface area contributed by atoms with Crippen molar-refractivity contribution >= 4 is 23.2 Å². The molecule has 0 radical (unpaired) electrons. The zero-order chi connectivity index (χ0) is 15.1. The van der Waals surface area contributed by atoms with Gasteiger partial charge in [-0.3, -0.25) is 9.59 Å². The summed E-state index contributed by atoms with van der Waals surface area (Å²) in [6, 6.07) is 12.8. The van der Waals surface area contributed by atoms with E-state index in [-0.39, 0.29) is 6.42 Å². The summed E-state index contributed by atoms with van der Waals surface area (Å²) in [5.41, 5.74) is 5.90. The molecule has 0 saturated heterocycles. The standard InChI is InChI=1S/C16H17NO3S/c17-16(19)15(12-6-2-1-3-7-12)20-14(18)10-4-8-13-9-5-11-21-13/h1-3,5-7,9,11,15H,4,8,10H2,(H2,17,19). The van der Waals surface area contributed by atoms with Crippen LogP contribution < -0.4 is 5.73 Å². The van der Waals surface area contributed by atoms with E-state index in [4.69, 9.17) is 10.5 Å². The molecule has 4 nitrogen and oxygen atoms in total. The summed E-state index contributed by atoms with van der Waals surface area (Å²) in [5.74, 6) is -1.06. The van der Waals surface area contributed by atoms with Crippen LogP contribution in [0.1, 0.15) is 29.4 Å². The molecule has 1 aromatic carbocycles. The van der Waals surface area contributed by atoms with Crippen LogP contribution in [0.5, 0.6) is 0 Å². The summed E-state index contributed by atoms with van der Waals surface area (Å²) < 4.78 is 5.21. The van der Waals surface area contributed by atoms with Crippen LogP contribution in [0.15, 0.2) is 47.8 Å². The van der Waals surface area contributed by atoms with Crippen molar-refractivity contribution < 1.29 is 14.3 Å². The zero-order valence-corrected chi connectivity index (χ0v) is 12.3. The Morgan fingerprint density at radius 3 is 2.52 bits per heavy atom. The van der Waals surface area contributed by atoms with Gasteiger partial charge in [0.2, 0.25) is 6.10 Å². The van der Waals surface area contributed by atoms with Crippen molar-refractivity contribution in [1.29, 1.82) is 0 Å². The first kappa shape index (κ1) is 15.3. The van der Waals surface area contributed by atoms with Crippen LogP contribution in [-0.2, 0) is 20.7 Å². The molecule has 0 bridgehead atoms. The summed E-state index contributed by atoms with van der Waals surface area (Å²) in [7, 11) is 0. The van der Waals surface area contributed by atoms with Gasteiger partial charge in [0.1, 0.15) is 0 Å². The van der Waals surface area contributed by atoms with Crippen LogP contribution in [0.25, 0.3) is 0 Å². The maximum atomic E-state index is 11.8. The van der Waals surface area contributed by atoms with Crippen molar-refractivity contribution in [2.75, 3.05) is 0 Å². The number of thiophene rings is 1. The van der Waals surface area contributed by atoms with Gasteiger partial charge < -0.3 is 10.5 Å². The number of primary amides is 1. The normalized spacial score (nSPS) is 11.8. The lowest BCUT2D eigenvalue weighted by atomic mass is 10.1. The Labute approximate surface area is 127 Å². The monoisotopic (exact) mass is 303 g/mol. The third-order valence-corrected chi connectivity index (χ3v) is 3.93. The van der Waals surface area contributed by atoms with E-state index >= 15 is 0 Å². The first-order valence-electron chi connectivity index (χ1n) is 6.73. The van der Waals surface area contributed by atoms with Crippen LogP contribution in [0.2, 0.25) is 0 Å². The van der Waals surface area contributed by atoms with Gasteiger partial charge in [-0.15, -0.1) is 11.3 Å². The van der Waals surface area contributed by atoms with Crippen molar-refractivity contribution in [1.82, 2.24) is 0 Å². The Kier molecular flexibility index (Phi) is 5.51. The quantitative estimate of drug-likeness (QED) is 0.800. The lowest BCUT2D eigenvalue weighted by Gasteiger charge is -2.14. The van der Waals surface area contributed by atoms with Gasteiger partial charge in [0.25, 0.3) is 5.91 Å². The van der Waals surface area contributed by atoms with Gasteiger partial charge in [0.05, 0.1) is 0 Å². The van der Waals surface area contributed by atoms with Crippen LogP contribution in [0.4, 0.5) is 0 Å². The number of amides is 1. The number of rotatable bonds is 7. The van der Waals surface area contributed by atoms with E-state index < -0.39 is 18.0 Å². The number of hydrogen-bond acceptors (Lipinski definition) is 4. The minimum atomic E-state index is -1.01. The van der Waals surface area contributed by atoms with Gasteiger partial charge in [0, 0.05) is 16.9 Å². The third-order valence-electron chi connectivity index (χ3n) is 2.99. The highest BCUT2D eigenvalue weighted by atomic mass is 32.1. The molecule has 0 saturated carbocycles. The topological polar surface area (TPSA) is 69.4 Å². The molecular formula is C16H17NO3S. The number of carbonyl (C=O) groups is 2. The first-order valence-corrected chi connectivity index (χ1v) is 7.61. The Hall–Kier alpha value is -2.14. The van der Waals surface area contributed by atoms with Crippen LogP contribution in [0.3, 0.4) is 0 Å². The number of carbonyl (C=O) groups excluding carboxylic acids is 2. The minimum absolute atomic E-state index is 0.272. The summed E-state index contributed by atoms with van der Waals surface area (Å²) in [5, 5.41) is 2.01. The summed E-state index contributed by atoms with van der Waals surface area (Å²) in [6.45, 7) is 0.